The van der Waals surface area contributed by atoms with Gasteiger partial charge in [-0.25, -0.2) is 4.98 Å². The van der Waals surface area contributed by atoms with E-state index in [4.69, 9.17) is 4.74 Å². The van der Waals surface area contributed by atoms with Gasteiger partial charge < -0.3 is 15.0 Å². The molecule has 4 heteroatoms. The van der Waals surface area contributed by atoms with Gasteiger partial charge in [-0.15, -0.1) is 0 Å². The van der Waals surface area contributed by atoms with E-state index in [1.165, 1.54) is 19.3 Å². The fourth-order valence-electron chi connectivity index (χ4n) is 2.34. The first-order valence-corrected chi connectivity index (χ1v) is 6.51. The highest BCUT2D eigenvalue weighted by Crippen LogP contribution is 2.28. The van der Waals surface area contributed by atoms with Gasteiger partial charge in [0.1, 0.15) is 6.10 Å². The molecule has 2 saturated heterocycles. The molecule has 0 saturated carbocycles. The zero-order chi connectivity index (χ0) is 11.5. The number of pyridine rings is 1. The van der Waals surface area contributed by atoms with Crippen LogP contribution in [0, 0.1) is 0 Å². The third kappa shape index (κ3) is 2.36. The van der Waals surface area contributed by atoms with Gasteiger partial charge in [0.25, 0.3) is 0 Å². The van der Waals surface area contributed by atoms with Crippen LogP contribution in [0.5, 0.6) is 5.75 Å². The lowest BCUT2D eigenvalue weighted by Gasteiger charge is -2.32. The van der Waals surface area contributed by atoms with Crippen molar-refractivity contribution in [1.29, 1.82) is 0 Å². The van der Waals surface area contributed by atoms with Gasteiger partial charge >= 0.3 is 0 Å². The quantitative estimate of drug-likeness (QED) is 0.857. The largest absolute Gasteiger partial charge is 0.484 e. The van der Waals surface area contributed by atoms with E-state index in [1.54, 1.807) is 0 Å². The van der Waals surface area contributed by atoms with E-state index < -0.39 is 0 Å². The van der Waals surface area contributed by atoms with E-state index in [-0.39, 0.29) is 0 Å². The van der Waals surface area contributed by atoms with Gasteiger partial charge in [0, 0.05) is 32.4 Å². The average molecular weight is 233 g/mol. The van der Waals surface area contributed by atoms with Crippen LogP contribution in [-0.2, 0) is 0 Å². The van der Waals surface area contributed by atoms with Crippen molar-refractivity contribution in [3.8, 4) is 5.75 Å². The number of piperidine rings is 1. The van der Waals surface area contributed by atoms with Crippen LogP contribution in [0.15, 0.2) is 18.3 Å². The fourth-order valence-corrected chi connectivity index (χ4v) is 2.34. The summed E-state index contributed by atoms with van der Waals surface area (Å²) in [6, 6.07) is 3.99. The Balaban J connectivity index is 1.76. The van der Waals surface area contributed by atoms with Crippen molar-refractivity contribution in [2.75, 3.05) is 31.1 Å². The van der Waals surface area contributed by atoms with Gasteiger partial charge in [-0.2, -0.15) is 0 Å². The Hall–Kier alpha value is -1.29. The molecule has 0 aliphatic carbocycles. The standard InChI is InChI=1S/C13H19N3O/c1-2-7-16(8-3-1)13-12(5-4-6-15-13)17-11-9-14-10-11/h4-6,11,14H,1-3,7-10H2. The molecule has 1 aromatic rings. The molecule has 92 valence electrons. The summed E-state index contributed by atoms with van der Waals surface area (Å²) in [5, 5.41) is 3.22. The van der Waals surface area contributed by atoms with Crippen LogP contribution in [0.4, 0.5) is 5.82 Å². The van der Waals surface area contributed by atoms with E-state index in [0.29, 0.717) is 6.10 Å². The normalized spacial score (nSPS) is 21.1. The van der Waals surface area contributed by atoms with Gasteiger partial charge in [0.05, 0.1) is 0 Å². The van der Waals surface area contributed by atoms with Crippen molar-refractivity contribution in [3.63, 3.8) is 0 Å². The highest BCUT2D eigenvalue weighted by Gasteiger charge is 2.22. The number of anilines is 1. The Morgan fingerprint density at radius 2 is 2.06 bits per heavy atom. The molecule has 3 rings (SSSR count). The summed E-state index contributed by atoms with van der Waals surface area (Å²) >= 11 is 0. The third-order valence-electron chi connectivity index (χ3n) is 3.44. The van der Waals surface area contributed by atoms with E-state index >= 15 is 0 Å². The zero-order valence-electron chi connectivity index (χ0n) is 10.1. The van der Waals surface area contributed by atoms with Crippen LogP contribution in [0.1, 0.15) is 19.3 Å². The van der Waals surface area contributed by atoms with E-state index in [9.17, 15) is 0 Å². The minimum Gasteiger partial charge on any atom is -0.484 e. The maximum absolute atomic E-state index is 5.97. The summed E-state index contributed by atoms with van der Waals surface area (Å²) < 4.78 is 5.97. The smallest absolute Gasteiger partial charge is 0.171 e. The molecule has 0 spiro atoms. The number of nitrogens with zero attached hydrogens (tertiary/aromatic N) is 2. The van der Waals surface area contributed by atoms with E-state index in [2.05, 4.69) is 15.2 Å². The number of aromatic nitrogens is 1. The SMILES string of the molecule is c1cnc(N2CCCCC2)c(OC2CNC2)c1. The molecule has 3 heterocycles. The van der Waals surface area contributed by atoms with Gasteiger partial charge in [-0.3, -0.25) is 0 Å². The predicted molar refractivity (Wildman–Crippen MR) is 67.6 cm³/mol. The molecule has 1 aromatic heterocycles. The lowest BCUT2D eigenvalue weighted by atomic mass is 10.1. The van der Waals surface area contributed by atoms with Crippen LogP contribution in [-0.4, -0.2) is 37.3 Å². The average Bonchev–Trinajstić information content (AvgIpc) is 2.35. The molecule has 0 bridgehead atoms. The van der Waals surface area contributed by atoms with Gasteiger partial charge in [0.15, 0.2) is 11.6 Å². The first kappa shape index (κ1) is 10.8. The molecule has 1 N–H and O–H groups in total. The highest BCUT2D eigenvalue weighted by atomic mass is 16.5. The van der Waals surface area contributed by atoms with Crippen LogP contribution in [0.2, 0.25) is 0 Å². The Morgan fingerprint density at radius 1 is 1.24 bits per heavy atom. The molecule has 0 amide bonds. The summed E-state index contributed by atoms with van der Waals surface area (Å²) in [6.07, 6.45) is 6.05. The second-order valence-electron chi connectivity index (χ2n) is 4.77. The van der Waals surface area contributed by atoms with Crippen molar-refractivity contribution < 1.29 is 4.74 Å². The second kappa shape index (κ2) is 4.92. The van der Waals surface area contributed by atoms with Crippen LogP contribution in [0.25, 0.3) is 0 Å². The number of nitrogens with one attached hydrogen (secondary N) is 1. The van der Waals surface area contributed by atoms with Gasteiger partial charge in [0.2, 0.25) is 0 Å². The Morgan fingerprint density at radius 3 is 2.76 bits per heavy atom. The lowest BCUT2D eigenvalue weighted by molar-refractivity contribution is 0.142. The highest BCUT2D eigenvalue weighted by molar-refractivity contribution is 5.52. The van der Waals surface area contributed by atoms with Crippen LogP contribution in [0.3, 0.4) is 0 Å². The Bertz CT molecular complexity index is 373. The van der Waals surface area contributed by atoms with Crippen molar-refractivity contribution in [2.45, 2.75) is 25.4 Å². The van der Waals surface area contributed by atoms with Gasteiger partial charge in [-0.1, -0.05) is 0 Å². The minimum absolute atomic E-state index is 0.322. The van der Waals surface area contributed by atoms with Crippen molar-refractivity contribution in [1.82, 2.24) is 10.3 Å². The molecular weight excluding hydrogens is 214 g/mol. The molecular formula is C13H19N3O. The summed E-state index contributed by atoms with van der Waals surface area (Å²) in [6.45, 7) is 4.12. The Kier molecular flexibility index (Phi) is 3.14. The summed E-state index contributed by atoms with van der Waals surface area (Å²) in [5.74, 6) is 1.97. The number of ether oxygens (including phenoxy) is 1. The minimum atomic E-state index is 0.322. The maximum atomic E-state index is 5.97. The molecule has 4 nitrogen and oxygen atoms in total. The molecule has 0 aromatic carbocycles. The maximum Gasteiger partial charge on any atom is 0.171 e. The van der Waals surface area contributed by atoms with Crippen molar-refractivity contribution in [2.24, 2.45) is 0 Å². The van der Waals surface area contributed by atoms with Crippen molar-refractivity contribution >= 4 is 5.82 Å². The van der Waals surface area contributed by atoms with Crippen molar-refractivity contribution in [3.05, 3.63) is 18.3 Å². The first-order valence-electron chi connectivity index (χ1n) is 6.51. The number of rotatable bonds is 3. The third-order valence-corrected chi connectivity index (χ3v) is 3.44. The fraction of sp³-hybridized carbons (Fsp3) is 0.615. The van der Waals surface area contributed by atoms with E-state index in [0.717, 1.165) is 37.7 Å². The molecule has 0 unspecified atom stereocenters. The zero-order valence-corrected chi connectivity index (χ0v) is 10.1. The summed E-state index contributed by atoms with van der Waals surface area (Å²) in [4.78, 5) is 6.85. The molecule has 2 aliphatic heterocycles. The molecule has 0 radical (unpaired) electrons. The lowest BCUT2D eigenvalue weighted by Crippen LogP contribution is -2.50. The first-order chi connectivity index (χ1) is 8.43. The van der Waals surface area contributed by atoms with E-state index in [1.807, 2.05) is 18.3 Å². The van der Waals surface area contributed by atoms with Gasteiger partial charge in [-0.05, 0) is 31.4 Å². The molecule has 0 atom stereocenters. The monoisotopic (exact) mass is 233 g/mol. The van der Waals surface area contributed by atoms with Crippen LogP contribution >= 0.6 is 0 Å². The predicted octanol–water partition coefficient (Wildman–Crippen LogP) is 1.42. The summed E-state index contributed by atoms with van der Waals surface area (Å²) in [7, 11) is 0. The Labute approximate surface area is 102 Å². The molecule has 17 heavy (non-hydrogen) atoms. The number of hydrogen-bond donors (Lipinski definition) is 1. The second-order valence-corrected chi connectivity index (χ2v) is 4.77. The molecule has 2 aliphatic rings. The summed E-state index contributed by atoms with van der Waals surface area (Å²) in [5.41, 5.74) is 0. The number of hydrogen-bond acceptors (Lipinski definition) is 4. The van der Waals surface area contributed by atoms with Crippen LogP contribution < -0.4 is 15.0 Å². The molecule has 2 fully saturated rings. The topological polar surface area (TPSA) is 37.4 Å².